The topological polar surface area (TPSA) is 55.6 Å². The number of hydrogen-bond donors (Lipinski definition) is 0. The third-order valence-electron chi connectivity index (χ3n) is 6.33. The maximum atomic E-state index is 13.7. The van der Waals surface area contributed by atoms with Crippen LogP contribution in [-0.4, -0.2) is 29.4 Å². The molecule has 0 saturated carbocycles. The van der Waals surface area contributed by atoms with E-state index in [-0.39, 0.29) is 18.4 Å². The van der Waals surface area contributed by atoms with Gasteiger partial charge in [0, 0.05) is 17.1 Å². The second-order valence-corrected chi connectivity index (χ2v) is 8.80. The maximum absolute atomic E-state index is 13.7. The van der Waals surface area contributed by atoms with E-state index in [1.54, 1.807) is 7.11 Å². The SMILES string of the molecule is COc1cccc(-c2nc(CC(=O)N3CCc4ccccc4C3c3ccccc3Cl)c(C)o2)c1. The fraction of sp³-hybridized carbons (Fsp3) is 0.214. The van der Waals surface area contributed by atoms with Gasteiger partial charge >= 0.3 is 0 Å². The lowest BCUT2D eigenvalue weighted by Gasteiger charge is -2.38. The highest BCUT2D eigenvalue weighted by molar-refractivity contribution is 6.31. The molecule has 6 heteroatoms. The average molecular weight is 473 g/mol. The molecule has 4 aromatic rings. The van der Waals surface area contributed by atoms with Gasteiger partial charge in [-0.2, -0.15) is 0 Å². The summed E-state index contributed by atoms with van der Waals surface area (Å²) in [5.41, 5.74) is 4.73. The maximum Gasteiger partial charge on any atom is 0.229 e. The molecule has 1 aromatic heterocycles. The Kier molecular flexibility index (Phi) is 6.12. The van der Waals surface area contributed by atoms with E-state index >= 15 is 0 Å². The Morgan fingerprint density at radius 1 is 1.09 bits per heavy atom. The lowest BCUT2D eigenvalue weighted by atomic mass is 9.88. The van der Waals surface area contributed by atoms with E-state index in [0.717, 1.165) is 28.9 Å². The van der Waals surface area contributed by atoms with Gasteiger partial charge in [-0.3, -0.25) is 4.79 Å². The molecule has 1 amide bonds. The van der Waals surface area contributed by atoms with E-state index < -0.39 is 0 Å². The highest BCUT2D eigenvalue weighted by Crippen LogP contribution is 2.38. The number of halogens is 1. The smallest absolute Gasteiger partial charge is 0.229 e. The number of rotatable bonds is 5. The molecular weight excluding hydrogens is 448 g/mol. The lowest BCUT2D eigenvalue weighted by Crippen LogP contribution is -2.41. The van der Waals surface area contributed by atoms with Crippen molar-refractivity contribution in [1.82, 2.24) is 9.88 Å². The minimum Gasteiger partial charge on any atom is -0.497 e. The zero-order valence-electron chi connectivity index (χ0n) is 19.1. The second kappa shape index (κ2) is 9.35. The molecule has 2 heterocycles. The molecule has 5 nitrogen and oxygen atoms in total. The average Bonchev–Trinajstić information content (AvgIpc) is 3.23. The third kappa shape index (κ3) is 4.19. The van der Waals surface area contributed by atoms with Gasteiger partial charge in [-0.15, -0.1) is 0 Å². The Morgan fingerprint density at radius 2 is 1.85 bits per heavy atom. The van der Waals surface area contributed by atoms with Crippen LogP contribution < -0.4 is 4.74 Å². The number of carbonyl (C=O) groups excluding carboxylic acids is 1. The molecule has 1 atom stereocenters. The Labute approximate surface area is 204 Å². The van der Waals surface area contributed by atoms with Crippen LogP contribution in [0.15, 0.2) is 77.2 Å². The quantitative estimate of drug-likeness (QED) is 0.356. The fourth-order valence-corrected chi connectivity index (χ4v) is 4.82. The van der Waals surface area contributed by atoms with Gasteiger partial charge in [-0.1, -0.05) is 60.1 Å². The Hall–Kier alpha value is -3.57. The van der Waals surface area contributed by atoms with Crippen molar-refractivity contribution >= 4 is 17.5 Å². The predicted octanol–water partition coefficient (Wildman–Crippen LogP) is 6.03. The van der Waals surface area contributed by atoms with Crippen LogP contribution in [0.1, 0.15) is 34.2 Å². The first kappa shape index (κ1) is 22.2. The molecule has 0 N–H and O–H groups in total. The minimum absolute atomic E-state index is 0.00647. The van der Waals surface area contributed by atoms with Gasteiger partial charge in [0.25, 0.3) is 0 Å². The van der Waals surface area contributed by atoms with Crippen molar-refractivity contribution in [2.45, 2.75) is 25.8 Å². The Morgan fingerprint density at radius 3 is 2.65 bits per heavy atom. The molecule has 0 fully saturated rings. The van der Waals surface area contributed by atoms with Crippen molar-refractivity contribution in [2.24, 2.45) is 0 Å². The van der Waals surface area contributed by atoms with Crippen LogP contribution in [0.25, 0.3) is 11.5 Å². The molecule has 0 radical (unpaired) electrons. The van der Waals surface area contributed by atoms with Gasteiger partial charge in [0.05, 0.1) is 25.3 Å². The molecule has 5 rings (SSSR count). The first-order chi connectivity index (χ1) is 16.5. The normalized spacial score (nSPS) is 15.1. The van der Waals surface area contributed by atoms with Crippen LogP contribution >= 0.6 is 11.6 Å². The fourth-order valence-electron chi connectivity index (χ4n) is 4.58. The van der Waals surface area contributed by atoms with E-state index in [0.29, 0.717) is 28.9 Å². The van der Waals surface area contributed by atoms with Crippen molar-refractivity contribution in [3.05, 3.63) is 106 Å². The number of aryl methyl sites for hydroxylation is 1. The summed E-state index contributed by atoms with van der Waals surface area (Å²) in [7, 11) is 1.62. The standard InChI is InChI=1S/C28H25ClN2O3/c1-18-25(30-28(34-18)20-9-7-10-21(16-20)33-2)17-26(32)31-15-14-19-8-3-4-11-22(19)27(31)23-12-5-6-13-24(23)29/h3-13,16,27H,14-15,17H2,1-2H3. The largest absolute Gasteiger partial charge is 0.497 e. The van der Waals surface area contributed by atoms with Crippen LogP contribution in [0.2, 0.25) is 5.02 Å². The predicted molar refractivity (Wildman–Crippen MR) is 132 cm³/mol. The number of nitrogens with zero attached hydrogens (tertiary/aromatic N) is 2. The summed E-state index contributed by atoms with van der Waals surface area (Å²) >= 11 is 6.60. The number of oxazole rings is 1. The minimum atomic E-state index is -0.240. The summed E-state index contributed by atoms with van der Waals surface area (Å²) < 4.78 is 11.2. The summed E-state index contributed by atoms with van der Waals surface area (Å²) in [6, 6.07) is 23.3. The van der Waals surface area contributed by atoms with Crippen LogP contribution in [-0.2, 0) is 17.6 Å². The van der Waals surface area contributed by atoms with E-state index in [1.807, 2.05) is 72.5 Å². The molecule has 34 heavy (non-hydrogen) atoms. The van der Waals surface area contributed by atoms with Gasteiger partial charge in [0.15, 0.2) is 0 Å². The first-order valence-corrected chi connectivity index (χ1v) is 11.7. The molecule has 1 aliphatic rings. The number of fused-ring (bicyclic) bond motifs is 1. The van der Waals surface area contributed by atoms with E-state index in [9.17, 15) is 4.79 Å². The molecule has 0 spiro atoms. The van der Waals surface area contributed by atoms with Gasteiger partial charge in [0.2, 0.25) is 11.8 Å². The zero-order chi connectivity index (χ0) is 23.7. The van der Waals surface area contributed by atoms with Crippen molar-refractivity contribution in [2.75, 3.05) is 13.7 Å². The molecule has 172 valence electrons. The van der Waals surface area contributed by atoms with Gasteiger partial charge in [-0.05, 0) is 54.3 Å². The van der Waals surface area contributed by atoms with E-state index in [4.69, 9.17) is 20.8 Å². The Balaban J connectivity index is 1.46. The summed E-state index contributed by atoms with van der Waals surface area (Å²) in [5.74, 6) is 1.83. The number of carbonyl (C=O) groups is 1. The first-order valence-electron chi connectivity index (χ1n) is 11.3. The van der Waals surface area contributed by atoms with Gasteiger partial charge in [-0.25, -0.2) is 4.98 Å². The van der Waals surface area contributed by atoms with Crippen LogP contribution in [0.4, 0.5) is 0 Å². The summed E-state index contributed by atoms with van der Waals surface area (Å²) in [4.78, 5) is 20.2. The molecule has 0 saturated heterocycles. The number of aromatic nitrogens is 1. The number of amides is 1. The monoisotopic (exact) mass is 472 g/mol. The highest BCUT2D eigenvalue weighted by Gasteiger charge is 2.33. The zero-order valence-corrected chi connectivity index (χ0v) is 19.9. The number of hydrogen-bond acceptors (Lipinski definition) is 4. The number of ether oxygens (including phenoxy) is 1. The van der Waals surface area contributed by atoms with Crippen molar-refractivity contribution in [3.8, 4) is 17.2 Å². The van der Waals surface area contributed by atoms with Crippen LogP contribution in [0, 0.1) is 6.92 Å². The van der Waals surface area contributed by atoms with Crippen molar-refractivity contribution in [3.63, 3.8) is 0 Å². The number of benzene rings is 3. The lowest BCUT2D eigenvalue weighted by molar-refractivity contribution is -0.132. The van der Waals surface area contributed by atoms with E-state index in [2.05, 4.69) is 17.1 Å². The van der Waals surface area contributed by atoms with Gasteiger partial charge < -0.3 is 14.1 Å². The summed E-state index contributed by atoms with van der Waals surface area (Å²) in [5, 5.41) is 0.653. The third-order valence-corrected chi connectivity index (χ3v) is 6.68. The molecule has 1 unspecified atom stereocenters. The molecule has 1 aliphatic heterocycles. The molecule has 0 bridgehead atoms. The number of methoxy groups -OCH3 is 1. The highest BCUT2D eigenvalue weighted by atomic mass is 35.5. The van der Waals surface area contributed by atoms with Crippen LogP contribution in [0.5, 0.6) is 5.75 Å². The van der Waals surface area contributed by atoms with Gasteiger partial charge in [0.1, 0.15) is 11.5 Å². The Bertz CT molecular complexity index is 1350. The van der Waals surface area contributed by atoms with Crippen LogP contribution in [0.3, 0.4) is 0 Å². The molecular formula is C28H25ClN2O3. The molecule has 0 aliphatic carbocycles. The summed E-state index contributed by atoms with van der Waals surface area (Å²) in [6.07, 6.45) is 0.956. The second-order valence-electron chi connectivity index (χ2n) is 8.39. The summed E-state index contributed by atoms with van der Waals surface area (Å²) in [6.45, 7) is 2.46. The van der Waals surface area contributed by atoms with Crippen molar-refractivity contribution in [1.29, 1.82) is 0 Å². The van der Waals surface area contributed by atoms with E-state index in [1.165, 1.54) is 5.56 Å². The van der Waals surface area contributed by atoms with Crippen molar-refractivity contribution < 1.29 is 13.9 Å². The molecule has 3 aromatic carbocycles.